The lowest BCUT2D eigenvalue weighted by Gasteiger charge is -2.43. The van der Waals surface area contributed by atoms with Crippen LogP contribution < -0.4 is 0 Å². The maximum atomic E-state index is 13.7. The van der Waals surface area contributed by atoms with Crippen LogP contribution in [-0.4, -0.2) is 55.1 Å². The van der Waals surface area contributed by atoms with Crippen LogP contribution in [0.1, 0.15) is 24.0 Å². The molecular weight excluding hydrogens is 416 g/mol. The Hall–Kier alpha value is -1.69. The fourth-order valence-electron chi connectivity index (χ4n) is 4.37. The van der Waals surface area contributed by atoms with Crippen molar-refractivity contribution < 1.29 is 9.53 Å². The first-order chi connectivity index (χ1) is 13.7. The molecule has 0 spiro atoms. The standard InChI is InChI=1S/C23H27BrN2O2/c24-21-8-6-20(7-9-21)23(10-16-28-17-11-23)22(27)26-14-12-25(13-15-26)18-19-4-2-1-3-5-19/h1-9H,10-18H2. The summed E-state index contributed by atoms with van der Waals surface area (Å²) in [7, 11) is 0. The lowest BCUT2D eigenvalue weighted by molar-refractivity contribution is -0.143. The smallest absolute Gasteiger partial charge is 0.233 e. The molecule has 148 valence electrons. The third-order valence-electron chi connectivity index (χ3n) is 6.06. The summed E-state index contributed by atoms with van der Waals surface area (Å²) in [6, 6.07) is 18.8. The average molecular weight is 443 g/mol. The molecule has 0 bridgehead atoms. The highest BCUT2D eigenvalue weighted by atomic mass is 79.9. The molecule has 0 aliphatic carbocycles. The summed E-state index contributed by atoms with van der Waals surface area (Å²) < 4.78 is 6.64. The van der Waals surface area contributed by atoms with E-state index < -0.39 is 5.41 Å². The van der Waals surface area contributed by atoms with Crippen LogP contribution in [0.2, 0.25) is 0 Å². The van der Waals surface area contributed by atoms with Gasteiger partial charge in [-0.15, -0.1) is 0 Å². The van der Waals surface area contributed by atoms with Gasteiger partial charge in [0.15, 0.2) is 0 Å². The number of rotatable bonds is 4. The second-order valence-corrected chi connectivity index (χ2v) is 8.67. The zero-order valence-corrected chi connectivity index (χ0v) is 17.7. The van der Waals surface area contributed by atoms with Gasteiger partial charge in [-0.1, -0.05) is 58.4 Å². The zero-order chi connectivity index (χ0) is 19.4. The van der Waals surface area contributed by atoms with Crippen molar-refractivity contribution in [1.82, 2.24) is 9.80 Å². The zero-order valence-electron chi connectivity index (χ0n) is 16.1. The molecule has 2 fully saturated rings. The predicted molar refractivity (Wildman–Crippen MR) is 114 cm³/mol. The molecule has 0 aromatic heterocycles. The molecule has 2 aromatic carbocycles. The molecule has 2 aliphatic rings. The second kappa shape index (κ2) is 8.76. The van der Waals surface area contributed by atoms with E-state index in [0.29, 0.717) is 13.2 Å². The van der Waals surface area contributed by atoms with E-state index in [-0.39, 0.29) is 5.91 Å². The Morgan fingerprint density at radius 3 is 2.21 bits per heavy atom. The maximum Gasteiger partial charge on any atom is 0.233 e. The Bertz CT molecular complexity index is 780. The highest BCUT2D eigenvalue weighted by Crippen LogP contribution is 2.37. The molecule has 2 saturated heterocycles. The van der Waals surface area contributed by atoms with Crippen LogP contribution in [-0.2, 0) is 21.5 Å². The van der Waals surface area contributed by atoms with Gasteiger partial charge in [0.25, 0.3) is 0 Å². The molecular formula is C23H27BrN2O2. The second-order valence-electron chi connectivity index (χ2n) is 7.76. The van der Waals surface area contributed by atoms with Crippen molar-refractivity contribution in [2.75, 3.05) is 39.4 Å². The van der Waals surface area contributed by atoms with E-state index in [1.807, 2.05) is 12.1 Å². The molecule has 4 rings (SSSR count). The summed E-state index contributed by atoms with van der Waals surface area (Å²) in [4.78, 5) is 18.2. The molecule has 0 atom stereocenters. The van der Waals surface area contributed by atoms with Crippen molar-refractivity contribution in [2.24, 2.45) is 0 Å². The van der Waals surface area contributed by atoms with Crippen molar-refractivity contribution in [1.29, 1.82) is 0 Å². The first kappa shape index (κ1) is 19.6. The molecule has 1 amide bonds. The molecule has 2 aliphatic heterocycles. The van der Waals surface area contributed by atoms with E-state index in [4.69, 9.17) is 4.74 Å². The van der Waals surface area contributed by atoms with Gasteiger partial charge in [-0.25, -0.2) is 0 Å². The molecule has 2 heterocycles. The van der Waals surface area contributed by atoms with Crippen LogP contribution in [0.4, 0.5) is 0 Å². The van der Waals surface area contributed by atoms with E-state index >= 15 is 0 Å². The highest BCUT2D eigenvalue weighted by molar-refractivity contribution is 9.10. The number of amides is 1. The fourth-order valence-corrected chi connectivity index (χ4v) is 4.63. The molecule has 0 radical (unpaired) electrons. The van der Waals surface area contributed by atoms with E-state index in [2.05, 4.69) is 68.2 Å². The van der Waals surface area contributed by atoms with Gasteiger partial charge in [0.2, 0.25) is 5.91 Å². The van der Waals surface area contributed by atoms with E-state index in [9.17, 15) is 4.79 Å². The van der Waals surface area contributed by atoms with Crippen molar-refractivity contribution >= 4 is 21.8 Å². The van der Waals surface area contributed by atoms with Crippen LogP contribution in [0.15, 0.2) is 59.1 Å². The predicted octanol–water partition coefficient (Wildman–Crippen LogP) is 3.84. The van der Waals surface area contributed by atoms with E-state index in [1.165, 1.54) is 5.56 Å². The number of hydrogen-bond donors (Lipinski definition) is 0. The van der Waals surface area contributed by atoms with Crippen LogP contribution in [0.25, 0.3) is 0 Å². The number of piperazine rings is 1. The minimum Gasteiger partial charge on any atom is -0.381 e. The minimum atomic E-state index is -0.444. The number of benzene rings is 2. The van der Waals surface area contributed by atoms with Gasteiger partial charge in [-0.2, -0.15) is 0 Å². The maximum absolute atomic E-state index is 13.7. The van der Waals surface area contributed by atoms with E-state index in [0.717, 1.165) is 55.6 Å². The lowest BCUT2D eigenvalue weighted by atomic mass is 9.73. The van der Waals surface area contributed by atoms with Crippen LogP contribution in [0, 0.1) is 0 Å². The van der Waals surface area contributed by atoms with Crippen molar-refractivity contribution in [3.63, 3.8) is 0 Å². The van der Waals surface area contributed by atoms with Crippen molar-refractivity contribution in [3.05, 3.63) is 70.2 Å². The van der Waals surface area contributed by atoms with Crippen LogP contribution in [0.3, 0.4) is 0 Å². The van der Waals surface area contributed by atoms with Gasteiger partial charge in [-0.05, 0) is 36.1 Å². The third-order valence-corrected chi connectivity index (χ3v) is 6.59. The Morgan fingerprint density at radius 1 is 0.929 bits per heavy atom. The largest absolute Gasteiger partial charge is 0.381 e. The van der Waals surface area contributed by atoms with E-state index in [1.54, 1.807) is 0 Å². The highest BCUT2D eigenvalue weighted by Gasteiger charge is 2.44. The summed E-state index contributed by atoms with van der Waals surface area (Å²) in [6.45, 7) is 5.69. The van der Waals surface area contributed by atoms with Gasteiger partial charge in [0, 0.05) is 50.4 Å². The number of ether oxygens (including phenoxy) is 1. The van der Waals surface area contributed by atoms with Crippen molar-refractivity contribution in [2.45, 2.75) is 24.8 Å². The number of hydrogen-bond acceptors (Lipinski definition) is 3. The quantitative estimate of drug-likeness (QED) is 0.720. The Labute approximate surface area is 175 Å². The third kappa shape index (κ3) is 4.17. The lowest BCUT2D eigenvalue weighted by Crippen LogP contribution is -2.55. The van der Waals surface area contributed by atoms with Gasteiger partial charge < -0.3 is 9.64 Å². The number of carbonyl (C=O) groups is 1. The number of halogens is 1. The summed E-state index contributed by atoms with van der Waals surface area (Å²) >= 11 is 3.51. The molecule has 28 heavy (non-hydrogen) atoms. The number of nitrogens with zero attached hydrogens (tertiary/aromatic N) is 2. The van der Waals surface area contributed by atoms with Gasteiger partial charge >= 0.3 is 0 Å². The molecule has 0 saturated carbocycles. The summed E-state index contributed by atoms with van der Waals surface area (Å²) in [6.07, 6.45) is 1.52. The van der Waals surface area contributed by atoms with Crippen LogP contribution in [0.5, 0.6) is 0 Å². The summed E-state index contributed by atoms with van der Waals surface area (Å²) in [5.41, 5.74) is 2.01. The molecule has 2 aromatic rings. The number of carbonyl (C=O) groups excluding carboxylic acids is 1. The van der Waals surface area contributed by atoms with Gasteiger partial charge in [0.1, 0.15) is 0 Å². The SMILES string of the molecule is O=C(N1CCN(Cc2ccccc2)CC1)C1(c2ccc(Br)cc2)CCOCC1. The first-order valence-electron chi connectivity index (χ1n) is 10.1. The monoisotopic (exact) mass is 442 g/mol. The average Bonchev–Trinajstić information content (AvgIpc) is 2.75. The molecule has 5 heteroatoms. The topological polar surface area (TPSA) is 32.8 Å². The Morgan fingerprint density at radius 2 is 1.57 bits per heavy atom. The molecule has 0 N–H and O–H groups in total. The Balaban J connectivity index is 1.45. The first-order valence-corrected chi connectivity index (χ1v) is 10.9. The van der Waals surface area contributed by atoms with Crippen molar-refractivity contribution in [3.8, 4) is 0 Å². The fraction of sp³-hybridized carbons (Fsp3) is 0.435. The van der Waals surface area contributed by atoms with Gasteiger partial charge in [0.05, 0.1) is 5.41 Å². The summed E-state index contributed by atoms with van der Waals surface area (Å²) in [5.74, 6) is 0.275. The molecule has 0 unspecified atom stereocenters. The minimum absolute atomic E-state index is 0.275. The van der Waals surface area contributed by atoms with Gasteiger partial charge in [-0.3, -0.25) is 9.69 Å². The van der Waals surface area contributed by atoms with Crippen LogP contribution >= 0.6 is 15.9 Å². The summed E-state index contributed by atoms with van der Waals surface area (Å²) in [5, 5.41) is 0. The molecule has 4 nitrogen and oxygen atoms in total. The normalized spacial score (nSPS) is 20.1. The Kier molecular flexibility index (Phi) is 6.14.